The van der Waals surface area contributed by atoms with Gasteiger partial charge in [0, 0.05) is 30.9 Å². The number of halogens is 2. The first-order valence-electron chi connectivity index (χ1n) is 5.82. The van der Waals surface area contributed by atoms with Crippen molar-refractivity contribution in [1.29, 1.82) is 0 Å². The number of nitrogens with zero attached hydrogens (tertiary/aromatic N) is 2. The summed E-state index contributed by atoms with van der Waals surface area (Å²) in [6.07, 6.45) is 0.860. The predicted octanol–water partition coefficient (Wildman–Crippen LogP) is 3.43. The lowest BCUT2D eigenvalue weighted by Gasteiger charge is -2.26. The lowest BCUT2D eigenvalue weighted by molar-refractivity contribution is -0.386. The van der Waals surface area contributed by atoms with Crippen molar-refractivity contribution in [2.75, 3.05) is 11.9 Å². The maximum absolute atomic E-state index is 12.3. The molecule has 0 fully saturated rings. The summed E-state index contributed by atoms with van der Waals surface area (Å²) in [7, 11) is 1.79. The van der Waals surface area contributed by atoms with Gasteiger partial charge in [0.25, 0.3) is 0 Å². The summed E-state index contributed by atoms with van der Waals surface area (Å²) in [4.78, 5) is 11.8. The second kappa shape index (κ2) is 6.31. The third kappa shape index (κ3) is 3.77. The van der Waals surface area contributed by atoms with Gasteiger partial charge in [-0.15, -0.1) is 0 Å². The quantitative estimate of drug-likeness (QED) is 0.589. The lowest BCUT2D eigenvalue weighted by atomic mass is 10.2. The van der Waals surface area contributed by atoms with Crippen LogP contribution in [0.15, 0.2) is 18.2 Å². The first kappa shape index (κ1) is 15.1. The molecular formula is C12H16F2N2O3. The third-order valence-electron chi connectivity index (χ3n) is 3.02. The normalized spacial score (nSPS) is 12.3. The van der Waals surface area contributed by atoms with Crippen LogP contribution in [0, 0.1) is 10.1 Å². The standard InChI is InChI=1S/C12H16F2N2O3/c1-4-8(2)15(3)9-5-6-10(16(17)18)11(7-9)19-12(13)14/h5-8,12H,4H2,1-3H3. The van der Waals surface area contributed by atoms with E-state index in [2.05, 4.69) is 4.74 Å². The van der Waals surface area contributed by atoms with Crippen LogP contribution in [0.25, 0.3) is 0 Å². The molecule has 0 aliphatic carbocycles. The van der Waals surface area contributed by atoms with Crippen LogP contribution >= 0.6 is 0 Å². The molecule has 5 nitrogen and oxygen atoms in total. The minimum Gasteiger partial charge on any atom is -0.427 e. The van der Waals surface area contributed by atoms with Crippen LogP contribution in [0.1, 0.15) is 20.3 Å². The number of ether oxygens (including phenoxy) is 1. The molecule has 0 saturated heterocycles. The highest BCUT2D eigenvalue weighted by Crippen LogP contribution is 2.33. The van der Waals surface area contributed by atoms with E-state index in [4.69, 9.17) is 0 Å². The molecule has 106 valence electrons. The largest absolute Gasteiger partial charge is 0.427 e. The van der Waals surface area contributed by atoms with E-state index in [-0.39, 0.29) is 6.04 Å². The lowest BCUT2D eigenvalue weighted by Crippen LogP contribution is -2.27. The Morgan fingerprint density at radius 1 is 1.47 bits per heavy atom. The molecule has 7 heteroatoms. The van der Waals surface area contributed by atoms with Gasteiger partial charge in [-0.2, -0.15) is 8.78 Å². The number of hydrogen-bond donors (Lipinski definition) is 0. The molecule has 0 amide bonds. The molecule has 0 aromatic heterocycles. The summed E-state index contributed by atoms with van der Waals surface area (Å²) in [6.45, 7) is 0.862. The van der Waals surface area contributed by atoms with Crippen molar-refractivity contribution in [3.8, 4) is 5.75 Å². The van der Waals surface area contributed by atoms with Crippen LogP contribution in [-0.2, 0) is 0 Å². The van der Waals surface area contributed by atoms with Gasteiger partial charge in [-0.3, -0.25) is 10.1 Å². The van der Waals surface area contributed by atoms with Crippen LogP contribution in [0.5, 0.6) is 5.75 Å². The number of nitro groups is 1. The van der Waals surface area contributed by atoms with Crippen molar-refractivity contribution < 1.29 is 18.4 Å². The summed E-state index contributed by atoms with van der Waals surface area (Å²) >= 11 is 0. The van der Waals surface area contributed by atoms with Crippen molar-refractivity contribution in [1.82, 2.24) is 0 Å². The Morgan fingerprint density at radius 3 is 2.58 bits per heavy atom. The molecule has 0 N–H and O–H groups in total. The van der Waals surface area contributed by atoms with Gasteiger partial charge >= 0.3 is 12.3 Å². The van der Waals surface area contributed by atoms with Crippen LogP contribution in [0.3, 0.4) is 0 Å². The number of alkyl halides is 2. The summed E-state index contributed by atoms with van der Waals surface area (Å²) in [5.74, 6) is -0.423. The zero-order valence-electron chi connectivity index (χ0n) is 11.0. The summed E-state index contributed by atoms with van der Waals surface area (Å²) < 4.78 is 28.7. The molecular weight excluding hydrogens is 258 g/mol. The van der Waals surface area contributed by atoms with Gasteiger partial charge in [-0.25, -0.2) is 0 Å². The zero-order valence-corrected chi connectivity index (χ0v) is 11.0. The van der Waals surface area contributed by atoms with E-state index in [1.807, 2.05) is 18.7 Å². The second-order valence-electron chi connectivity index (χ2n) is 4.16. The molecule has 1 aromatic carbocycles. The summed E-state index contributed by atoms with van der Waals surface area (Å²) in [5.41, 5.74) is 0.122. The molecule has 0 radical (unpaired) electrons. The number of hydrogen-bond acceptors (Lipinski definition) is 4. The molecule has 0 aliphatic rings. The van der Waals surface area contributed by atoms with Gasteiger partial charge in [0.2, 0.25) is 5.75 Å². The van der Waals surface area contributed by atoms with E-state index in [9.17, 15) is 18.9 Å². The summed E-state index contributed by atoms with van der Waals surface area (Å²) in [5, 5.41) is 10.7. The monoisotopic (exact) mass is 274 g/mol. The predicted molar refractivity (Wildman–Crippen MR) is 67.9 cm³/mol. The fourth-order valence-electron chi connectivity index (χ4n) is 1.59. The van der Waals surface area contributed by atoms with E-state index < -0.39 is 23.0 Å². The highest BCUT2D eigenvalue weighted by atomic mass is 19.3. The molecule has 0 aliphatic heterocycles. The fourth-order valence-corrected chi connectivity index (χ4v) is 1.59. The highest BCUT2D eigenvalue weighted by Gasteiger charge is 2.20. The Balaban J connectivity index is 3.14. The number of benzene rings is 1. The fraction of sp³-hybridized carbons (Fsp3) is 0.500. The van der Waals surface area contributed by atoms with Crippen LogP contribution < -0.4 is 9.64 Å². The molecule has 1 atom stereocenters. The van der Waals surface area contributed by atoms with Gasteiger partial charge in [-0.05, 0) is 19.4 Å². The van der Waals surface area contributed by atoms with E-state index in [0.717, 1.165) is 6.42 Å². The average Bonchev–Trinajstić information content (AvgIpc) is 2.35. The van der Waals surface area contributed by atoms with Gasteiger partial charge in [0.1, 0.15) is 0 Å². The molecule has 1 aromatic rings. The molecule has 0 spiro atoms. The number of anilines is 1. The maximum Gasteiger partial charge on any atom is 0.387 e. The van der Waals surface area contributed by atoms with Gasteiger partial charge in [0.15, 0.2) is 0 Å². The molecule has 0 heterocycles. The van der Waals surface area contributed by atoms with Crippen LogP contribution in [-0.4, -0.2) is 24.6 Å². The Hall–Kier alpha value is -1.92. The minimum atomic E-state index is -3.09. The van der Waals surface area contributed by atoms with Crippen molar-refractivity contribution in [3.63, 3.8) is 0 Å². The molecule has 0 saturated carbocycles. The topological polar surface area (TPSA) is 55.6 Å². The average molecular weight is 274 g/mol. The van der Waals surface area contributed by atoms with Crippen molar-refractivity contribution >= 4 is 11.4 Å². The SMILES string of the molecule is CCC(C)N(C)c1ccc([N+](=O)[O-])c(OC(F)F)c1. The minimum absolute atomic E-state index is 0.181. The third-order valence-corrected chi connectivity index (χ3v) is 3.02. The number of rotatable bonds is 6. The van der Waals surface area contributed by atoms with Gasteiger partial charge < -0.3 is 9.64 Å². The zero-order chi connectivity index (χ0) is 14.6. The van der Waals surface area contributed by atoms with Gasteiger partial charge in [-0.1, -0.05) is 6.92 Å². The van der Waals surface area contributed by atoms with E-state index >= 15 is 0 Å². The Labute approximate surface area is 109 Å². The van der Waals surface area contributed by atoms with Gasteiger partial charge in [0.05, 0.1) is 4.92 Å². The van der Waals surface area contributed by atoms with E-state index in [1.165, 1.54) is 18.2 Å². The molecule has 1 rings (SSSR count). The number of nitro benzene ring substituents is 1. The van der Waals surface area contributed by atoms with Crippen LogP contribution in [0.2, 0.25) is 0 Å². The van der Waals surface area contributed by atoms with Crippen molar-refractivity contribution in [3.05, 3.63) is 28.3 Å². The molecule has 19 heavy (non-hydrogen) atoms. The highest BCUT2D eigenvalue weighted by molar-refractivity contribution is 5.59. The first-order valence-corrected chi connectivity index (χ1v) is 5.82. The Morgan fingerprint density at radius 2 is 2.11 bits per heavy atom. The second-order valence-corrected chi connectivity index (χ2v) is 4.16. The smallest absolute Gasteiger partial charge is 0.387 e. The first-order chi connectivity index (χ1) is 8.86. The Kier molecular flexibility index (Phi) is 5.02. The molecule has 0 bridgehead atoms. The summed E-state index contributed by atoms with van der Waals surface area (Å²) in [6, 6.07) is 4.13. The Bertz CT molecular complexity index is 455. The van der Waals surface area contributed by atoms with E-state index in [1.54, 1.807) is 7.05 Å². The maximum atomic E-state index is 12.3. The van der Waals surface area contributed by atoms with Crippen LogP contribution in [0.4, 0.5) is 20.2 Å². The van der Waals surface area contributed by atoms with Crippen molar-refractivity contribution in [2.24, 2.45) is 0 Å². The van der Waals surface area contributed by atoms with Crippen molar-refractivity contribution in [2.45, 2.75) is 32.9 Å². The van der Waals surface area contributed by atoms with E-state index in [0.29, 0.717) is 5.69 Å². The molecule has 1 unspecified atom stereocenters.